The van der Waals surface area contributed by atoms with Crippen LogP contribution in [0.25, 0.3) is 0 Å². The van der Waals surface area contributed by atoms with Crippen molar-refractivity contribution in [2.75, 3.05) is 0 Å². The predicted molar refractivity (Wildman–Crippen MR) is 46.3 cm³/mol. The standard InChI is InChI=1S/C10H16O/c1-6-7(11)8-9(2,3)10(8,4)5/h6,8H,1H2,2-5H3. The first kappa shape index (κ1) is 8.51. The Balaban J connectivity index is 2.83. The summed E-state index contributed by atoms with van der Waals surface area (Å²) in [5.41, 5.74) is 0.330. The van der Waals surface area contributed by atoms with Crippen LogP contribution in [0.3, 0.4) is 0 Å². The third-order valence-corrected chi connectivity index (χ3v) is 3.51. The lowest BCUT2D eigenvalue weighted by Crippen LogP contribution is -2.01. The Kier molecular flexibility index (Phi) is 1.52. The van der Waals surface area contributed by atoms with E-state index >= 15 is 0 Å². The van der Waals surface area contributed by atoms with Gasteiger partial charge in [0.2, 0.25) is 0 Å². The highest BCUT2D eigenvalue weighted by Crippen LogP contribution is 2.68. The molecule has 1 heteroatoms. The minimum Gasteiger partial charge on any atom is -0.295 e. The minimum absolute atomic E-state index is 0.165. The molecule has 0 amide bonds. The number of carbonyl (C=O) groups is 1. The average molecular weight is 152 g/mol. The van der Waals surface area contributed by atoms with E-state index in [1.807, 2.05) is 0 Å². The van der Waals surface area contributed by atoms with Crippen molar-refractivity contribution in [3.8, 4) is 0 Å². The second kappa shape index (κ2) is 1.96. The van der Waals surface area contributed by atoms with Gasteiger partial charge in [-0.25, -0.2) is 0 Å². The van der Waals surface area contributed by atoms with Crippen molar-refractivity contribution in [3.05, 3.63) is 12.7 Å². The van der Waals surface area contributed by atoms with Crippen LogP contribution in [0.5, 0.6) is 0 Å². The Morgan fingerprint density at radius 1 is 1.27 bits per heavy atom. The van der Waals surface area contributed by atoms with Gasteiger partial charge in [0.25, 0.3) is 0 Å². The molecule has 1 aliphatic carbocycles. The maximum Gasteiger partial charge on any atom is 0.159 e. The van der Waals surface area contributed by atoms with Crippen molar-refractivity contribution in [2.45, 2.75) is 27.7 Å². The third kappa shape index (κ3) is 0.867. The first-order chi connectivity index (χ1) is 4.85. The number of carbonyl (C=O) groups excluding carboxylic acids is 1. The van der Waals surface area contributed by atoms with E-state index in [-0.39, 0.29) is 22.5 Å². The van der Waals surface area contributed by atoms with Gasteiger partial charge in [-0.3, -0.25) is 4.79 Å². The summed E-state index contributed by atoms with van der Waals surface area (Å²) < 4.78 is 0. The zero-order chi connectivity index (χ0) is 8.86. The molecule has 1 nitrogen and oxygen atoms in total. The summed E-state index contributed by atoms with van der Waals surface area (Å²) in [5, 5.41) is 0. The molecule has 0 aromatic heterocycles. The largest absolute Gasteiger partial charge is 0.295 e. The van der Waals surface area contributed by atoms with E-state index < -0.39 is 0 Å². The molecule has 0 bridgehead atoms. The molecule has 1 saturated carbocycles. The van der Waals surface area contributed by atoms with Crippen molar-refractivity contribution in [2.24, 2.45) is 16.7 Å². The highest BCUT2D eigenvalue weighted by molar-refractivity contribution is 5.95. The van der Waals surface area contributed by atoms with Crippen LogP contribution in [-0.2, 0) is 4.79 Å². The molecule has 1 rings (SSSR count). The molecule has 0 radical (unpaired) electrons. The summed E-state index contributed by atoms with van der Waals surface area (Å²) in [5.74, 6) is 0.382. The molecule has 0 N–H and O–H groups in total. The highest BCUT2D eigenvalue weighted by atomic mass is 16.1. The van der Waals surface area contributed by atoms with Crippen LogP contribution in [0.1, 0.15) is 27.7 Å². The molecule has 11 heavy (non-hydrogen) atoms. The molecule has 0 heterocycles. The van der Waals surface area contributed by atoms with Gasteiger partial charge in [0, 0.05) is 5.92 Å². The highest BCUT2D eigenvalue weighted by Gasteiger charge is 2.67. The summed E-state index contributed by atoms with van der Waals surface area (Å²) >= 11 is 0. The fourth-order valence-corrected chi connectivity index (χ4v) is 2.03. The van der Waals surface area contributed by atoms with Gasteiger partial charge < -0.3 is 0 Å². The maximum absolute atomic E-state index is 11.3. The summed E-state index contributed by atoms with van der Waals surface area (Å²) in [7, 11) is 0. The first-order valence-electron chi connectivity index (χ1n) is 4.02. The molecule has 0 unspecified atom stereocenters. The van der Waals surface area contributed by atoms with Crippen LogP contribution < -0.4 is 0 Å². The predicted octanol–water partition coefficient (Wildman–Crippen LogP) is 2.42. The quantitative estimate of drug-likeness (QED) is 0.555. The van der Waals surface area contributed by atoms with Crippen molar-refractivity contribution in [1.82, 2.24) is 0 Å². The molecule has 0 aliphatic heterocycles. The second-order valence-electron chi connectivity index (χ2n) is 4.48. The van der Waals surface area contributed by atoms with Gasteiger partial charge >= 0.3 is 0 Å². The van der Waals surface area contributed by atoms with E-state index in [1.165, 1.54) is 6.08 Å². The fourth-order valence-electron chi connectivity index (χ4n) is 2.03. The summed E-state index contributed by atoms with van der Waals surface area (Å²) in [6.45, 7) is 12.1. The fraction of sp³-hybridized carbons (Fsp3) is 0.700. The van der Waals surface area contributed by atoms with Crippen molar-refractivity contribution in [1.29, 1.82) is 0 Å². The molecular formula is C10H16O. The number of allylic oxidation sites excluding steroid dienone is 1. The Hall–Kier alpha value is -0.590. The normalized spacial score (nSPS) is 26.2. The van der Waals surface area contributed by atoms with E-state index in [9.17, 15) is 4.79 Å². The minimum atomic E-state index is 0.165. The van der Waals surface area contributed by atoms with Crippen molar-refractivity contribution >= 4 is 5.78 Å². The van der Waals surface area contributed by atoms with Crippen LogP contribution in [0, 0.1) is 16.7 Å². The summed E-state index contributed by atoms with van der Waals surface area (Å²) in [6, 6.07) is 0. The zero-order valence-corrected chi connectivity index (χ0v) is 7.77. The Morgan fingerprint density at radius 2 is 1.64 bits per heavy atom. The smallest absolute Gasteiger partial charge is 0.159 e. The van der Waals surface area contributed by atoms with E-state index in [0.29, 0.717) is 0 Å². The monoisotopic (exact) mass is 152 g/mol. The maximum atomic E-state index is 11.3. The van der Waals surface area contributed by atoms with Crippen LogP contribution in [-0.4, -0.2) is 5.78 Å². The summed E-state index contributed by atoms with van der Waals surface area (Å²) in [6.07, 6.45) is 1.45. The van der Waals surface area contributed by atoms with Gasteiger partial charge in [0.1, 0.15) is 0 Å². The first-order valence-corrected chi connectivity index (χ1v) is 4.02. The lowest BCUT2D eigenvalue weighted by Gasteiger charge is -2.03. The Bertz CT molecular complexity index is 197. The van der Waals surface area contributed by atoms with E-state index in [4.69, 9.17) is 0 Å². The van der Waals surface area contributed by atoms with E-state index in [0.717, 1.165) is 0 Å². The molecule has 0 spiro atoms. The van der Waals surface area contributed by atoms with Crippen LogP contribution in [0.4, 0.5) is 0 Å². The number of hydrogen-bond donors (Lipinski definition) is 0. The van der Waals surface area contributed by atoms with Gasteiger partial charge in [-0.2, -0.15) is 0 Å². The van der Waals surface area contributed by atoms with Crippen LogP contribution in [0.15, 0.2) is 12.7 Å². The van der Waals surface area contributed by atoms with Crippen molar-refractivity contribution in [3.63, 3.8) is 0 Å². The van der Waals surface area contributed by atoms with Gasteiger partial charge in [-0.1, -0.05) is 34.3 Å². The zero-order valence-electron chi connectivity index (χ0n) is 7.77. The molecule has 0 aromatic rings. The van der Waals surface area contributed by atoms with E-state index in [1.54, 1.807) is 0 Å². The SMILES string of the molecule is C=CC(=O)C1C(C)(C)C1(C)C. The van der Waals surface area contributed by atoms with E-state index in [2.05, 4.69) is 34.3 Å². The van der Waals surface area contributed by atoms with Gasteiger partial charge in [-0.05, 0) is 16.9 Å². The van der Waals surface area contributed by atoms with Crippen molar-refractivity contribution < 1.29 is 4.79 Å². The lowest BCUT2D eigenvalue weighted by atomic mass is 10.0. The average Bonchev–Trinajstić information content (AvgIpc) is 2.24. The second-order valence-corrected chi connectivity index (χ2v) is 4.48. The molecule has 62 valence electrons. The molecule has 0 atom stereocenters. The molecule has 1 aliphatic rings. The van der Waals surface area contributed by atoms with Gasteiger partial charge in [0.05, 0.1) is 0 Å². The number of ketones is 1. The van der Waals surface area contributed by atoms with Gasteiger partial charge in [0.15, 0.2) is 5.78 Å². The number of hydrogen-bond acceptors (Lipinski definition) is 1. The topological polar surface area (TPSA) is 17.1 Å². The molecule has 0 aromatic carbocycles. The summed E-state index contributed by atoms with van der Waals surface area (Å²) in [4.78, 5) is 11.3. The molecular weight excluding hydrogens is 136 g/mol. The number of rotatable bonds is 2. The Morgan fingerprint density at radius 3 is 1.73 bits per heavy atom. The molecule has 0 saturated heterocycles. The van der Waals surface area contributed by atoms with Gasteiger partial charge in [-0.15, -0.1) is 0 Å². The lowest BCUT2D eigenvalue weighted by molar-refractivity contribution is -0.116. The van der Waals surface area contributed by atoms with Crippen LogP contribution >= 0.6 is 0 Å². The van der Waals surface area contributed by atoms with Crippen LogP contribution in [0.2, 0.25) is 0 Å². The third-order valence-electron chi connectivity index (χ3n) is 3.51. The Labute approximate surface area is 68.5 Å². The molecule has 1 fully saturated rings.